The number of carbonyl (C=O) groups is 1. The summed E-state index contributed by atoms with van der Waals surface area (Å²) in [6.45, 7) is 0.759. The van der Waals surface area contributed by atoms with Crippen molar-refractivity contribution in [3.05, 3.63) is 39.1 Å². The number of amides is 2. The fraction of sp³-hybridized carbons (Fsp3) is 0.500. The summed E-state index contributed by atoms with van der Waals surface area (Å²) in [5.41, 5.74) is 5.86. The maximum Gasteiger partial charge on any atom is 0.353 e. The summed E-state index contributed by atoms with van der Waals surface area (Å²) in [5, 5.41) is 13.4. The van der Waals surface area contributed by atoms with Crippen molar-refractivity contribution in [3.63, 3.8) is 0 Å². The molecule has 1 fully saturated rings. The maximum absolute atomic E-state index is 12.7. The lowest BCUT2D eigenvalue weighted by molar-refractivity contribution is 0.00304. The summed E-state index contributed by atoms with van der Waals surface area (Å²) < 4.78 is 27.1. The Hall–Kier alpha value is -2.39. The first kappa shape index (κ1) is 19.9. The number of fused-ring (bicyclic) bond motifs is 2. The predicted molar refractivity (Wildman–Crippen MR) is 112 cm³/mol. The lowest BCUT2D eigenvalue weighted by Gasteiger charge is -2.25. The van der Waals surface area contributed by atoms with Gasteiger partial charge in [-0.25, -0.2) is 9.00 Å². The van der Waals surface area contributed by atoms with E-state index in [9.17, 15) is 9.00 Å². The van der Waals surface area contributed by atoms with Crippen LogP contribution in [0.3, 0.4) is 0 Å². The normalized spacial score (nSPS) is 22.9. The van der Waals surface area contributed by atoms with Gasteiger partial charge in [-0.15, -0.1) is 4.36 Å². The average molecular weight is 419 g/mol. The third-order valence-corrected chi connectivity index (χ3v) is 6.81. The second-order valence-electron chi connectivity index (χ2n) is 7.45. The van der Waals surface area contributed by atoms with E-state index in [0.717, 1.165) is 50.4 Å². The Balaban J connectivity index is 1.56. The van der Waals surface area contributed by atoms with E-state index in [-0.39, 0.29) is 23.5 Å². The zero-order valence-corrected chi connectivity index (χ0v) is 17.3. The minimum absolute atomic E-state index is 0.0632. The molecule has 2 amide bonds. The molecule has 4 rings (SSSR count). The van der Waals surface area contributed by atoms with E-state index in [1.807, 2.05) is 0 Å². The molecule has 1 saturated heterocycles. The number of hydrogen-bond donors (Lipinski definition) is 4. The molecular formula is C20H26N4O4S. The number of thiol groups is 1. The fourth-order valence-corrected chi connectivity index (χ4v) is 5.00. The zero-order chi connectivity index (χ0) is 20.4. The summed E-state index contributed by atoms with van der Waals surface area (Å²) >= 11 is 0. The maximum atomic E-state index is 12.7. The summed E-state index contributed by atoms with van der Waals surface area (Å²) in [4.78, 5) is 12.6. The van der Waals surface area contributed by atoms with Gasteiger partial charge in [0.25, 0.3) is 0 Å². The van der Waals surface area contributed by atoms with Gasteiger partial charge in [-0.05, 0) is 60.8 Å². The average Bonchev–Trinajstić information content (AvgIpc) is 3.38. The van der Waals surface area contributed by atoms with Crippen LogP contribution in [0.1, 0.15) is 35.1 Å². The highest BCUT2D eigenvalue weighted by Gasteiger charge is 2.25. The molecule has 3 aliphatic rings. The summed E-state index contributed by atoms with van der Waals surface area (Å²) in [6.07, 6.45) is 6.93. The number of urea groups is 1. The smallest absolute Gasteiger partial charge is 0.353 e. The number of allylic oxidation sites excluding steroid dienone is 1. The van der Waals surface area contributed by atoms with Crippen molar-refractivity contribution >= 4 is 28.5 Å². The first-order chi connectivity index (χ1) is 14.1. The van der Waals surface area contributed by atoms with Crippen LogP contribution in [0.4, 0.5) is 10.5 Å². The van der Waals surface area contributed by atoms with E-state index in [1.165, 1.54) is 22.3 Å². The molecule has 0 bridgehead atoms. The Bertz CT molecular complexity index is 923. The SMILES string of the molecule is CO[C@H]1CN/C(=C(C=N)/[SH](=O)=N/C(=O)Nc2c3c(cc4c2CCC4)CCC3)OC1. The van der Waals surface area contributed by atoms with Gasteiger partial charge in [0, 0.05) is 25.6 Å². The Morgan fingerprint density at radius 1 is 1.31 bits per heavy atom. The summed E-state index contributed by atoms with van der Waals surface area (Å²) in [7, 11) is -0.879. The lowest BCUT2D eigenvalue weighted by Crippen LogP contribution is -2.39. The van der Waals surface area contributed by atoms with Crippen LogP contribution >= 0.6 is 0 Å². The van der Waals surface area contributed by atoms with Crippen LogP contribution in [0.2, 0.25) is 0 Å². The summed E-state index contributed by atoms with van der Waals surface area (Å²) in [5.74, 6) is 0.215. The molecule has 0 aromatic heterocycles. The summed E-state index contributed by atoms with van der Waals surface area (Å²) in [6, 6.07) is 1.64. The van der Waals surface area contributed by atoms with Gasteiger partial charge < -0.3 is 25.5 Å². The van der Waals surface area contributed by atoms with Crippen molar-refractivity contribution < 1.29 is 18.5 Å². The molecule has 9 heteroatoms. The predicted octanol–water partition coefficient (Wildman–Crippen LogP) is 2.31. The number of carbonyl (C=O) groups excluding carboxylic acids is 1. The number of benzene rings is 1. The van der Waals surface area contributed by atoms with E-state index in [4.69, 9.17) is 14.9 Å². The van der Waals surface area contributed by atoms with E-state index in [1.54, 1.807) is 7.11 Å². The highest BCUT2D eigenvalue weighted by molar-refractivity contribution is 7.80. The third-order valence-electron chi connectivity index (χ3n) is 5.70. The third kappa shape index (κ3) is 4.02. The van der Waals surface area contributed by atoms with Gasteiger partial charge in [-0.3, -0.25) is 0 Å². The topological polar surface area (TPSA) is 113 Å². The van der Waals surface area contributed by atoms with E-state index in [2.05, 4.69) is 21.1 Å². The number of anilines is 1. The van der Waals surface area contributed by atoms with Crippen LogP contribution in [0.15, 0.2) is 21.2 Å². The molecule has 29 heavy (non-hydrogen) atoms. The van der Waals surface area contributed by atoms with Crippen LogP contribution in [0, 0.1) is 5.41 Å². The second-order valence-corrected chi connectivity index (χ2v) is 8.67. The number of aryl methyl sites for hydroxylation is 2. The molecule has 2 aliphatic carbocycles. The number of ether oxygens (including phenoxy) is 2. The number of hydrogen-bond acceptors (Lipinski definition) is 6. The molecule has 0 spiro atoms. The van der Waals surface area contributed by atoms with E-state index < -0.39 is 16.6 Å². The van der Waals surface area contributed by atoms with Crippen molar-refractivity contribution in [3.8, 4) is 0 Å². The van der Waals surface area contributed by atoms with Gasteiger partial charge in [-0.2, -0.15) is 0 Å². The van der Waals surface area contributed by atoms with Crippen LogP contribution in [-0.4, -0.2) is 42.8 Å². The standard InChI is InChI=1S/C20H26N4O4S/c1-27-14-10-22-19(28-11-14)17(9-21)29(26)24-20(25)23-18-15-6-2-4-12(15)8-13-5-3-7-16(13)18/h8-9,14,21-22,29H,2-7,10-11H2,1H3,(H,23,25)/b19-17-,21-9?/t14-/m0/s1. The molecule has 1 aliphatic heterocycles. The quantitative estimate of drug-likeness (QED) is 0.443. The van der Waals surface area contributed by atoms with Crippen molar-refractivity contribution in [2.45, 2.75) is 44.6 Å². The van der Waals surface area contributed by atoms with E-state index >= 15 is 0 Å². The molecule has 8 nitrogen and oxygen atoms in total. The highest BCUT2D eigenvalue weighted by Crippen LogP contribution is 2.38. The van der Waals surface area contributed by atoms with Crippen molar-refractivity contribution in [2.24, 2.45) is 4.36 Å². The van der Waals surface area contributed by atoms with Gasteiger partial charge in [0.05, 0.1) is 10.6 Å². The first-order valence-corrected chi connectivity index (χ1v) is 11.1. The van der Waals surface area contributed by atoms with Gasteiger partial charge in [0.2, 0.25) is 5.88 Å². The molecule has 1 unspecified atom stereocenters. The number of rotatable bonds is 4. The minimum Gasteiger partial charge on any atom is -0.475 e. The molecule has 0 saturated carbocycles. The minimum atomic E-state index is -2.46. The molecular weight excluding hydrogens is 392 g/mol. The Kier molecular flexibility index (Phi) is 5.86. The van der Waals surface area contributed by atoms with Crippen LogP contribution < -0.4 is 10.6 Å². The van der Waals surface area contributed by atoms with Crippen LogP contribution in [0.25, 0.3) is 0 Å². The lowest BCUT2D eigenvalue weighted by atomic mass is 9.99. The van der Waals surface area contributed by atoms with E-state index in [0.29, 0.717) is 6.54 Å². The molecule has 3 N–H and O–H groups in total. The Labute approximate surface area is 171 Å². The highest BCUT2D eigenvalue weighted by atomic mass is 32.2. The Morgan fingerprint density at radius 3 is 2.55 bits per heavy atom. The fourth-order valence-electron chi connectivity index (χ4n) is 4.25. The zero-order valence-electron chi connectivity index (χ0n) is 16.4. The van der Waals surface area contributed by atoms with Gasteiger partial charge >= 0.3 is 6.03 Å². The monoisotopic (exact) mass is 418 g/mol. The largest absolute Gasteiger partial charge is 0.475 e. The van der Waals surface area contributed by atoms with Crippen molar-refractivity contribution in [1.29, 1.82) is 5.41 Å². The number of nitrogens with one attached hydrogen (secondary N) is 3. The molecule has 2 atom stereocenters. The second kappa shape index (κ2) is 8.54. The van der Waals surface area contributed by atoms with Crippen LogP contribution in [-0.2, 0) is 45.8 Å². The van der Waals surface area contributed by atoms with Crippen molar-refractivity contribution in [2.75, 3.05) is 25.6 Å². The Morgan fingerprint density at radius 2 is 2.00 bits per heavy atom. The van der Waals surface area contributed by atoms with Crippen molar-refractivity contribution in [1.82, 2.24) is 5.32 Å². The van der Waals surface area contributed by atoms with Gasteiger partial charge in [-0.1, -0.05) is 6.07 Å². The molecule has 1 aromatic carbocycles. The number of nitrogens with zero attached hydrogens (tertiary/aromatic N) is 1. The van der Waals surface area contributed by atoms with Crippen LogP contribution in [0.5, 0.6) is 0 Å². The molecule has 156 valence electrons. The molecule has 1 heterocycles. The first-order valence-electron chi connectivity index (χ1n) is 9.91. The molecule has 1 aromatic rings. The number of methoxy groups -OCH3 is 1. The van der Waals surface area contributed by atoms with Gasteiger partial charge in [0.15, 0.2) is 0 Å². The molecule has 0 radical (unpaired) electrons. The van der Waals surface area contributed by atoms with Gasteiger partial charge in [0.1, 0.15) is 17.6 Å².